The molecule has 0 unspecified atom stereocenters. The fourth-order valence-corrected chi connectivity index (χ4v) is 1.91. The van der Waals surface area contributed by atoms with E-state index in [9.17, 15) is 0 Å². The Morgan fingerprint density at radius 1 is 0.870 bits per heavy atom. The lowest BCUT2D eigenvalue weighted by atomic mass is 10.1. The molecule has 0 aromatic heterocycles. The Bertz CT molecular complexity index is 527. The molecule has 0 saturated carbocycles. The number of alkyl halides is 1. The van der Waals surface area contributed by atoms with Gasteiger partial charge in [-0.2, -0.15) is 0 Å². The Balaban J connectivity index is 0.000000365. The zero-order valence-electron chi connectivity index (χ0n) is 14.9. The molecule has 0 atom stereocenters. The molecule has 0 aliphatic carbocycles. The fraction of sp³-hybridized carbons (Fsp3) is 0.400. The lowest BCUT2D eigenvalue weighted by Crippen LogP contribution is -2.12. The molecule has 0 fully saturated rings. The van der Waals surface area contributed by atoms with Gasteiger partial charge in [0.2, 0.25) is 0 Å². The molecule has 0 aliphatic rings. The Hall–Kier alpha value is -1.35. The van der Waals surface area contributed by atoms with Gasteiger partial charge in [0.25, 0.3) is 0 Å². The Morgan fingerprint density at radius 3 is 1.65 bits per heavy atom. The van der Waals surface area contributed by atoms with Crippen LogP contribution in [0, 0.1) is 13.8 Å². The highest BCUT2D eigenvalue weighted by Gasteiger charge is 1.93. The van der Waals surface area contributed by atoms with Gasteiger partial charge in [0.05, 0.1) is 0 Å². The van der Waals surface area contributed by atoms with E-state index >= 15 is 0 Å². The van der Waals surface area contributed by atoms with Crippen molar-refractivity contribution in [1.82, 2.24) is 5.32 Å². The summed E-state index contributed by atoms with van der Waals surface area (Å²) in [5.74, 6) is 0.722. The standard InChI is InChI=1S/C10H15N.C8H11N.C2H5Cl/c1-3-11-8-10-7-5-4-6-9(10)2;1-7-4-2-3-5-8(7)6-9;1-2-3/h4-7,11H,3,8H2,1-2H3;2-5H,6,9H2,1H3;2H2,1H3. The van der Waals surface area contributed by atoms with Crippen molar-refractivity contribution >= 4 is 11.6 Å². The first kappa shape index (κ1) is 21.6. The highest BCUT2D eigenvalue weighted by molar-refractivity contribution is 6.17. The molecular weight excluding hydrogens is 304 g/mol. The zero-order valence-corrected chi connectivity index (χ0v) is 15.7. The summed E-state index contributed by atoms with van der Waals surface area (Å²) in [6.45, 7) is 10.9. The Morgan fingerprint density at radius 2 is 1.30 bits per heavy atom. The predicted molar refractivity (Wildman–Crippen MR) is 104 cm³/mol. The van der Waals surface area contributed by atoms with Crippen molar-refractivity contribution in [2.75, 3.05) is 12.4 Å². The normalized spacial score (nSPS) is 9.30. The van der Waals surface area contributed by atoms with E-state index in [2.05, 4.69) is 62.5 Å². The van der Waals surface area contributed by atoms with Gasteiger partial charge in [-0.05, 0) is 42.6 Å². The highest BCUT2D eigenvalue weighted by Crippen LogP contribution is 2.05. The molecule has 0 radical (unpaired) electrons. The third-order valence-corrected chi connectivity index (χ3v) is 3.31. The molecule has 2 rings (SSSR count). The summed E-state index contributed by atoms with van der Waals surface area (Å²) in [6.07, 6.45) is 0. The molecule has 2 aromatic carbocycles. The van der Waals surface area contributed by atoms with Crippen molar-refractivity contribution in [2.24, 2.45) is 5.73 Å². The molecular formula is C20H31ClN2. The van der Waals surface area contributed by atoms with Gasteiger partial charge in [-0.3, -0.25) is 0 Å². The molecule has 23 heavy (non-hydrogen) atoms. The minimum atomic E-state index is 0.646. The van der Waals surface area contributed by atoms with Crippen LogP contribution in [0.25, 0.3) is 0 Å². The number of nitrogens with one attached hydrogen (secondary N) is 1. The van der Waals surface area contributed by atoms with E-state index in [1.165, 1.54) is 22.3 Å². The molecule has 128 valence electrons. The average molecular weight is 335 g/mol. The van der Waals surface area contributed by atoms with E-state index in [1.807, 2.05) is 19.1 Å². The van der Waals surface area contributed by atoms with Crippen LogP contribution in [0.3, 0.4) is 0 Å². The van der Waals surface area contributed by atoms with Crippen molar-refractivity contribution in [2.45, 2.75) is 40.8 Å². The molecule has 0 bridgehead atoms. The molecule has 0 aliphatic heterocycles. The van der Waals surface area contributed by atoms with Crippen molar-refractivity contribution in [3.8, 4) is 0 Å². The van der Waals surface area contributed by atoms with E-state index < -0.39 is 0 Å². The molecule has 3 N–H and O–H groups in total. The lowest BCUT2D eigenvalue weighted by molar-refractivity contribution is 0.723. The lowest BCUT2D eigenvalue weighted by Gasteiger charge is -2.04. The van der Waals surface area contributed by atoms with Gasteiger partial charge in [-0.1, -0.05) is 62.4 Å². The number of hydrogen-bond donors (Lipinski definition) is 2. The average Bonchev–Trinajstić information content (AvgIpc) is 2.56. The number of hydrogen-bond acceptors (Lipinski definition) is 2. The van der Waals surface area contributed by atoms with Gasteiger partial charge in [0.15, 0.2) is 0 Å². The first-order valence-corrected chi connectivity index (χ1v) is 8.69. The van der Waals surface area contributed by atoms with Gasteiger partial charge < -0.3 is 11.1 Å². The van der Waals surface area contributed by atoms with Gasteiger partial charge in [0.1, 0.15) is 0 Å². The molecule has 2 nitrogen and oxygen atoms in total. The maximum atomic E-state index is 5.45. The van der Waals surface area contributed by atoms with E-state index in [-0.39, 0.29) is 0 Å². The summed E-state index contributed by atoms with van der Waals surface area (Å²) in [5.41, 5.74) is 10.7. The van der Waals surface area contributed by atoms with Crippen LogP contribution in [0.5, 0.6) is 0 Å². The maximum Gasteiger partial charge on any atom is 0.0208 e. The summed E-state index contributed by atoms with van der Waals surface area (Å²) in [5, 5.41) is 3.31. The Labute approximate surface area is 147 Å². The molecule has 0 saturated heterocycles. The van der Waals surface area contributed by atoms with Crippen LogP contribution in [0.2, 0.25) is 0 Å². The summed E-state index contributed by atoms with van der Waals surface area (Å²) >= 11 is 5.00. The van der Waals surface area contributed by atoms with E-state index in [1.54, 1.807) is 0 Å². The third kappa shape index (κ3) is 10.1. The number of rotatable bonds is 4. The van der Waals surface area contributed by atoms with Gasteiger partial charge >= 0.3 is 0 Å². The predicted octanol–water partition coefficient (Wildman–Crippen LogP) is 4.80. The second kappa shape index (κ2) is 14.3. The highest BCUT2D eigenvalue weighted by atomic mass is 35.5. The van der Waals surface area contributed by atoms with Crippen molar-refractivity contribution in [1.29, 1.82) is 0 Å². The SMILES string of the molecule is CCCl.CCNCc1ccccc1C.Cc1ccccc1CN. The van der Waals surface area contributed by atoms with Crippen molar-refractivity contribution in [3.63, 3.8) is 0 Å². The first-order valence-electron chi connectivity index (χ1n) is 8.16. The zero-order chi connectivity index (χ0) is 17.5. The summed E-state index contributed by atoms with van der Waals surface area (Å²) < 4.78 is 0. The van der Waals surface area contributed by atoms with Crippen LogP contribution in [-0.4, -0.2) is 12.4 Å². The van der Waals surface area contributed by atoms with Crippen molar-refractivity contribution in [3.05, 3.63) is 70.8 Å². The largest absolute Gasteiger partial charge is 0.326 e. The van der Waals surface area contributed by atoms with Crippen LogP contribution >= 0.6 is 11.6 Å². The van der Waals surface area contributed by atoms with Crippen LogP contribution in [0.15, 0.2) is 48.5 Å². The van der Waals surface area contributed by atoms with Crippen LogP contribution < -0.4 is 11.1 Å². The minimum Gasteiger partial charge on any atom is -0.326 e. The quantitative estimate of drug-likeness (QED) is 0.788. The number of aryl methyl sites for hydroxylation is 2. The van der Waals surface area contributed by atoms with E-state index in [0.29, 0.717) is 6.54 Å². The second-order valence-corrected chi connectivity index (χ2v) is 5.64. The molecule has 0 spiro atoms. The minimum absolute atomic E-state index is 0.646. The molecule has 0 heterocycles. The molecule has 2 aromatic rings. The van der Waals surface area contributed by atoms with Crippen LogP contribution in [0.1, 0.15) is 36.1 Å². The second-order valence-electron chi connectivity index (χ2n) is 5.10. The number of nitrogens with two attached hydrogens (primary N) is 1. The van der Waals surface area contributed by atoms with Gasteiger partial charge in [-0.25, -0.2) is 0 Å². The molecule has 0 amide bonds. The van der Waals surface area contributed by atoms with Crippen LogP contribution in [-0.2, 0) is 13.1 Å². The smallest absolute Gasteiger partial charge is 0.0208 e. The van der Waals surface area contributed by atoms with E-state index in [4.69, 9.17) is 17.3 Å². The first-order chi connectivity index (χ1) is 11.1. The maximum absolute atomic E-state index is 5.45. The monoisotopic (exact) mass is 334 g/mol. The summed E-state index contributed by atoms with van der Waals surface area (Å²) in [7, 11) is 0. The fourth-order valence-electron chi connectivity index (χ4n) is 1.91. The van der Waals surface area contributed by atoms with Crippen LogP contribution in [0.4, 0.5) is 0 Å². The van der Waals surface area contributed by atoms with Crippen molar-refractivity contribution < 1.29 is 0 Å². The van der Waals surface area contributed by atoms with E-state index in [0.717, 1.165) is 19.0 Å². The summed E-state index contributed by atoms with van der Waals surface area (Å²) in [4.78, 5) is 0. The number of benzene rings is 2. The number of halogens is 1. The molecule has 3 heteroatoms. The summed E-state index contributed by atoms with van der Waals surface area (Å²) in [6, 6.07) is 16.6. The van der Waals surface area contributed by atoms with Gasteiger partial charge in [-0.15, -0.1) is 11.6 Å². The van der Waals surface area contributed by atoms with Gasteiger partial charge in [0, 0.05) is 19.0 Å². The topological polar surface area (TPSA) is 38.0 Å². The Kier molecular flexibility index (Phi) is 13.4. The third-order valence-electron chi connectivity index (χ3n) is 3.31.